The van der Waals surface area contributed by atoms with Crippen molar-refractivity contribution in [2.75, 3.05) is 0 Å². The number of carboxylic acid groups (broad SMARTS) is 2. The van der Waals surface area contributed by atoms with Gasteiger partial charge >= 0.3 is 23.9 Å². The topological polar surface area (TPSA) is 164 Å². The van der Waals surface area contributed by atoms with E-state index in [4.69, 9.17) is 85.0 Å². The number of aromatic carboxylic acids is 2. The summed E-state index contributed by atoms with van der Waals surface area (Å²) in [5, 5.41) is 18.9. The standard InChI is InChI=1S/C13H15ClI2O3.C13H16ClIO3.C10H9ClI2O3.C10H10ClIO3/c1-6(2)18-12-9(15)5-8(10(14)11(12)16)13(17)19-7(3)4;1-7(2)17-12-6-10(14)9(5-11(12)15)13(16)18-8(3)4;1-4(2)16-9-6(12)3-5(10(14)15)7(11)8(9)13;1-5(2)15-9-4-7(11)6(10(13)14)3-8(9)12/h5-7H,1-4H3;5-8H,1-4H3;3-4H,1-2H3,(H,14,15);3-5H,1-2H3,(H,13,14). The smallest absolute Gasteiger partial charge is 0.339 e. The number of halogens is 10. The molecule has 0 heterocycles. The summed E-state index contributed by atoms with van der Waals surface area (Å²) in [6, 6.07) is 9.60. The Hall–Kier alpha value is -0.500. The van der Waals surface area contributed by atoms with E-state index in [1.54, 1.807) is 45.9 Å². The van der Waals surface area contributed by atoms with Gasteiger partial charge in [-0.2, -0.15) is 0 Å². The number of benzene rings is 4. The van der Waals surface area contributed by atoms with Crippen LogP contribution in [0.3, 0.4) is 0 Å². The van der Waals surface area contributed by atoms with E-state index < -0.39 is 23.9 Å². The second kappa shape index (κ2) is 31.3. The van der Waals surface area contributed by atoms with Crippen LogP contribution in [0.5, 0.6) is 23.0 Å². The molecule has 0 bridgehead atoms. The first-order chi connectivity index (χ1) is 31.3. The third-order valence-electron chi connectivity index (χ3n) is 7.29. The molecule has 0 saturated carbocycles. The van der Waals surface area contributed by atoms with Crippen LogP contribution in [0, 0.1) is 21.4 Å². The molecule has 376 valence electrons. The number of carboxylic acids is 2. The molecule has 4 aromatic carbocycles. The van der Waals surface area contributed by atoms with Crippen LogP contribution in [0.1, 0.15) is 125 Å². The lowest BCUT2D eigenvalue weighted by Crippen LogP contribution is -2.14. The number of rotatable bonds is 14. The van der Waals surface area contributed by atoms with Gasteiger partial charge in [-0.3, -0.25) is 0 Å². The van der Waals surface area contributed by atoms with Gasteiger partial charge in [-0.15, -0.1) is 0 Å². The van der Waals surface area contributed by atoms with Gasteiger partial charge < -0.3 is 38.6 Å². The molecule has 4 rings (SSSR count). The van der Waals surface area contributed by atoms with Crippen molar-refractivity contribution < 1.29 is 57.8 Å². The molecule has 2 N–H and O–H groups in total. The number of carbonyl (C=O) groups is 4. The summed E-state index contributed by atoms with van der Waals surface area (Å²) in [6.45, 7) is 22.6. The maximum absolute atomic E-state index is 12.0. The molecule has 0 aromatic heterocycles. The summed E-state index contributed by atoms with van der Waals surface area (Å²) in [7, 11) is 0. The zero-order chi connectivity index (χ0) is 52.7. The third-order valence-corrected chi connectivity index (χ3v) is 14.7. The number of hydrogen-bond donors (Lipinski definition) is 2. The summed E-state index contributed by atoms with van der Waals surface area (Å²) >= 11 is 36.5. The second-order valence-electron chi connectivity index (χ2n) is 15.4. The normalized spacial score (nSPS) is 10.8. The minimum atomic E-state index is -1.03. The fourth-order valence-corrected chi connectivity index (χ4v) is 10.7. The van der Waals surface area contributed by atoms with Crippen LogP contribution in [0.4, 0.5) is 0 Å². The van der Waals surface area contributed by atoms with Crippen molar-refractivity contribution in [3.8, 4) is 23.0 Å². The Morgan fingerprint density at radius 1 is 0.412 bits per heavy atom. The average molecular weight is 1700 g/mol. The Balaban J connectivity index is 0.000000455. The van der Waals surface area contributed by atoms with Gasteiger partial charge in [0.25, 0.3) is 0 Å². The zero-order valence-corrected chi connectivity index (χ0v) is 54.7. The molecule has 0 amide bonds. The first-order valence-corrected chi connectivity index (χ1v) is 28.2. The minimum Gasteiger partial charge on any atom is -0.490 e. The Morgan fingerprint density at radius 2 is 0.706 bits per heavy atom. The molecule has 0 aliphatic rings. The molecule has 0 aliphatic carbocycles. The summed E-state index contributed by atoms with van der Waals surface area (Å²) in [6.07, 6.45) is -0.183. The lowest BCUT2D eigenvalue weighted by molar-refractivity contribution is 0.0367. The Bertz CT molecular complexity index is 2410. The average Bonchev–Trinajstić information content (AvgIpc) is 3.19. The zero-order valence-electron chi connectivity index (χ0n) is 38.7. The molecular weight excluding hydrogens is 1650 g/mol. The Labute approximate surface area is 499 Å². The maximum atomic E-state index is 12.0. The lowest BCUT2D eigenvalue weighted by atomic mass is 10.2. The largest absolute Gasteiger partial charge is 0.490 e. The van der Waals surface area contributed by atoms with E-state index in [9.17, 15) is 19.2 Å². The number of carbonyl (C=O) groups excluding carboxylic acids is 2. The van der Waals surface area contributed by atoms with E-state index in [0.717, 1.165) is 17.9 Å². The predicted octanol–water partition coefficient (Wildman–Crippen LogP) is 16.7. The number of ether oxygens (including phenoxy) is 6. The van der Waals surface area contributed by atoms with Crippen LogP contribution in [0.15, 0.2) is 36.4 Å². The highest BCUT2D eigenvalue weighted by atomic mass is 127. The van der Waals surface area contributed by atoms with Crippen LogP contribution in [-0.2, 0) is 9.47 Å². The summed E-state index contributed by atoms with van der Waals surface area (Å²) < 4.78 is 37.2. The fraction of sp³-hybridized carbons (Fsp3) is 0.391. The minimum absolute atomic E-state index is 0.0220. The SMILES string of the molecule is CC(C)OC(=O)c1cc(I)c(OC(C)C)c(I)c1Cl.CC(C)OC(=O)c1cc(I)c(OC(C)C)cc1Cl.CC(C)Oc1c(I)cc(C(=O)O)c(Cl)c1I.CC(C)Oc1cc(Cl)c(C(=O)O)cc1I. The molecule has 68 heavy (non-hydrogen) atoms. The fourth-order valence-electron chi connectivity index (χ4n) is 4.77. The quantitative estimate of drug-likeness (QED) is 0.0699. The molecule has 0 unspecified atom stereocenters. The van der Waals surface area contributed by atoms with Gasteiger partial charge in [0.05, 0.1) is 100 Å². The van der Waals surface area contributed by atoms with Crippen molar-refractivity contribution in [3.63, 3.8) is 0 Å². The van der Waals surface area contributed by atoms with E-state index in [-0.39, 0.29) is 57.8 Å². The number of esters is 2. The van der Waals surface area contributed by atoms with Gasteiger partial charge in [-0.05, 0) is 243 Å². The predicted molar refractivity (Wildman–Crippen MR) is 320 cm³/mol. The van der Waals surface area contributed by atoms with Gasteiger partial charge in [0.2, 0.25) is 0 Å². The molecule has 0 fully saturated rings. The third kappa shape index (κ3) is 21.9. The van der Waals surface area contributed by atoms with E-state index >= 15 is 0 Å². The van der Waals surface area contributed by atoms with Crippen molar-refractivity contribution in [2.45, 2.75) is 120 Å². The van der Waals surface area contributed by atoms with Crippen molar-refractivity contribution in [3.05, 3.63) is 100 Å². The molecule has 0 saturated heterocycles. The highest BCUT2D eigenvalue weighted by Crippen LogP contribution is 2.38. The van der Waals surface area contributed by atoms with Crippen molar-refractivity contribution >= 4 is 206 Å². The molecule has 12 nitrogen and oxygen atoms in total. The maximum Gasteiger partial charge on any atom is 0.339 e. The molecule has 0 spiro atoms. The Morgan fingerprint density at radius 3 is 1.04 bits per heavy atom. The summed E-state index contributed by atoms with van der Waals surface area (Å²) in [5.74, 6) is -0.243. The van der Waals surface area contributed by atoms with E-state index in [2.05, 4.69) is 67.8 Å². The van der Waals surface area contributed by atoms with Crippen LogP contribution in [-0.4, -0.2) is 70.7 Å². The first-order valence-electron chi connectivity index (χ1n) is 20.2. The van der Waals surface area contributed by atoms with Gasteiger partial charge in [0, 0.05) is 12.1 Å². The van der Waals surface area contributed by atoms with Gasteiger partial charge in [0.15, 0.2) is 0 Å². The van der Waals surface area contributed by atoms with Crippen molar-refractivity contribution in [2.24, 2.45) is 0 Å². The van der Waals surface area contributed by atoms with Crippen molar-refractivity contribution in [1.29, 1.82) is 0 Å². The van der Waals surface area contributed by atoms with Gasteiger partial charge in [-0.1, -0.05) is 46.4 Å². The second-order valence-corrected chi connectivity index (χ2v) is 23.8. The number of hydrogen-bond acceptors (Lipinski definition) is 10. The monoisotopic (exact) mass is 1700 g/mol. The van der Waals surface area contributed by atoms with Gasteiger partial charge in [0.1, 0.15) is 23.0 Å². The highest BCUT2D eigenvalue weighted by molar-refractivity contribution is 14.1. The molecular formula is C46H50Cl4I6O12. The molecule has 0 aliphatic heterocycles. The first kappa shape index (κ1) is 65.5. The highest BCUT2D eigenvalue weighted by Gasteiger charge is 2.23. The van der Waals surface area contributed by atoms with Crippen LogP contribution >= 0.6 is 182 Å². The van der Waals surface area contributed by atoms with E-state index in [0.29, 0.717) is 47.7 Å². The molecule has 0 radical (unpaired) electrons. The summed E-state index contributed by atoms with van der Waals surface area (Å²) in [5.41, 5.74) is 0.940. The van der Waals surface area contributed by atoms with Crippen molar-refractivity contribution in [1.82, 2.24) is 0 Å². The van der Waals surface area contributed by atoms with Crippen LogP contribution in [0.2, 0.25) is 20.1 Å². The van der Waals surface area contributed by atoms with Crippen LogP contribution < -0.4 is 18.9 Å². The van der Waals surface area contributed by atoms with E-state index in [1.165, 1.54) is 18.2 Å². The van der Waals surface area contributed by atoms with E-state index in [1.807, 2.05) is 123 Å². The lowest BCUT2D eigenvalue weighted by Gasteiger charge is -2.17. The molecule has 0 atom stereocenters. The van der Waals surface area contributed by atoms with Crippen LogP contribution in [0.25, 0.3) is 0 Å². The molecule has 22 heteroatoms. The van der Waals surface area contributed by atoms with Gasteiger partial charge in [-0.25, -0.2) is 19.2 Å². The Kier molecular flexibility index (Phi) is 30.1. The molecule has 4 aromatic rings. The summed E-state index contributed by atoms with van der Waals surface area (Å²) in [4.78, 5) is 45.5.